The Balaban J connectivity index is 1.89. The Labute approximate surface area is 172 Å². The highest BCUT2D eigenvalue weighted by molar-refractivity contribution is 6.00. The molecule has 0 radical (unpaired) electrons. The molecule has 0 spiro atoms. The van der Waals surface area contributed by atoms with Gasteiger partial charge in [-0.3, -0.25) is 20.4 Å². The van der Waals surface area contributed by atoms with Crippen LogP contribution in [-0.2, 0) is 0 Å². The molecule has 0 saturated carbocycles. The number of benzene rings is 2. The van der Waals surface area contributed by atoms with Gasteiger partial charge < -0.3 is 9.47 Å². The van der Waals surface area contributed by atoms with Gasteiger partial charge in [-0.05, 0) is 48.7 Å². The van der Waals surface area contributed by atoms with Gasteiger partial charge in [-0.1, -0.05) is 45.7 Å². The first-order valence-corrected chi connectivity index (χ1v) is 10.1. The normalized spacial score (nSPS) is 10.5. The number of para-hydroxylation sites is 1. The van der Waals surface area contributed by atoms with Crippen molar-refractivity contribution in [2.45, 2.75) is 40.0 Å². The van der Waals surface area contributed by atoms with Crippen molar-refractivity contribution in [2.75, 3.05) is 13.2 Å². The number of hydrogen-bond donors (Lipinski definition) is 2. The molecule has 29 heavy (non-hydrogen) atoms. The van der Waals surface area contributed by atoms with Crippen molar-refractivity contribution in [2.24, 2.45) is 5.92 Å². The van der Waals surface area contributed by atoms with E-state index >= 15 is 0 Å². The molecule has 0 unspecified atom stereocenters. The summed E-state index contributed by atoms with van der Waals surface area (Å²) in [5.74, 6) is 0.790. The summed E-state index contributed by atoms with van der Waals surface area (Å²) >= 11 is 0. The van der Waals surface area contributed by atoms with Crippen LogP contribution in [0.5, 0.6) is 11.5 Å². The Kier molecular flexibility index (Phi) is 9.02. The van der Waals surface area contributed by atoms with Crippen LogP contribution in [-0.4, -0.2) is 25.0 Å². The van der Waals surface area contributed by atoms with Crippen LogP contribution in [0, 0.1) is 5.92 Å². The van der Waals surface area contributed by atoms with Gasteiger partial charge in [0.25, 0.3) is 11.8 Å². The van der Waals surface area contributed by atoms with Crippen LogP contribution in [0.2, 0.25) is 0 Å². The number of nitrogens with one attached hydrogen (secondary N) is 2. The second kappa shape index (κ2) is 11.7. The summed E-state index contributed by atoms with van der Waals surface area (Å²) in [5.41, 5.74) is 5.68. The molecule has 156 valence electrons. The van der Waals surface area contributed by atoms with Crippen LogP contribution in [0.15, 0.2) is 48.5 Å². The molecule has 6 heteroatoms. The maximum absolute atomic E-state index is 12.5. The van der Waals surface area contributed by atoms with Crippen LogP contribution >= 0.6 is 0 Å². The Morgan fingerprint density at radius 3 is 2.28 bits per heavy atom. The fourth-order valence-electron chi connectivity index (χ4n) is 2.53. The van der Waals surface area contributed by atoms with E-state index in [-0.39, 0.29) is 0 Å². The lowest BCUT2D eigenvalue weighted by atomic mass is 10.2. The fraction of sp³-hybridized carbons (Fsp3) is 0.391. The minimum Gasteiger partial charge on any atom is -0.493 e. The number of carbonyl (C=O) groups excluding carboxylic acids is 2. The van der Waals surface area contributed by atoms with Crippen LogP contribution in [0.4, 0.5) is 0 Å². The standard InChI is InChI=1S/C23H30N2O4/c1-4-5-8-15-28-21-10-7-6-9-20(21)23(27)25-24-22(26)18-11-13-19(14-12-18)29-16-17(2)3/h6-7,9-14,17H,4-5,8,15-16H2,1-3H3,(H,24,26)(H,25,27). The lowest BCUT2D eigenvalue weighted by Crippen LogP contribution is -2.41. The quantitative estimate of drug-likeness (QED) is 0.460. The molecule has 0 aliphatic carbocycles. The van der Waals surface area contributed by atoms with Crippen LogP contribution in [0.3, 0.4) is 0 Å². The smallest absolute Gasteiger partial charge is 0.273 e. The average Bonchev–Trinajstić information content (AvgIpc) is 2.74. The number of ether oxygens (including phenoxy) is 2. The Morgan fingerprint density at radius 1 is 0.897 bits per heavy atom. The molecule has 2 amide bonds. The summed E-state index contributed by atoms with van der Waals surface area (Å²) in [7, 11) is 0. The molecule has 0 saturated heterocycles. The first-order chi connectivity index (χ1) is 14.0. The summed E-state index contributed by atoms with van der Waals surface area (Å²) in [6, 6.07) is 13.8. The van der Waals surface area contributed by atoms with E-state index in [0.29, 0.717) is 41.8 Å². The van der Waals surface area contributed by atoms with Gasteiger partial charge in [0, 0.05) is 5.56 Å². The topological polar surface area (TPSA) is 76.7 Å². The highest BCUT2D eigenvalue weighted by Crippen LogP contribution is 2.18. The zero-order valence-corrected chi connectivity index (χ0v) is 17.4. The Hall–Kier alpha value is -3.02. The van der Waals surface area contributed by atoms with Crippen molar-refractivity contribution in [3.8, 4) is 11.5 Å². The van der Waals surface area contributed by atoms with E-state index in [1.807, 2.05) is 6.07 Å². The summed E-state index contributed by atoms with van der Waals surface area (Å²) < 4.78 is 11.3. The van der Waals surface area contributed by atoms with E-state index in [1.54, 1.807) is 42.5 Å². The highest BCUT2D eigenvalue weighted by atomic mass is 16.5. The molecule has 0 aromatic heterocycles. The van der Waals surface area contributed by atoms with Gasteiger partial charge in [0.05, 0.1) is 18.8 Å². The zero-order valence-electron chi connectivity index (χ0n) is 17.4. The molecule has 0 bridgehead atoms. The van der Waals surface area contributed by atoms with E-state index in [0.717, 1.165) is 19.3 Å². The third-order valence-corrected chi connectivity index (χ3v) is 4.13. The van der Waals surface area contributed by atoms with Crippen molar-refractivity contribution in [1.82, 2.24) is 10.9 Å². The minimum absolute atomic E-state index is 0.377. The summed E-state index contributed by atoms with van der Waals surface area (Å²) in [5, 5.41) is 0. The largest absolute Gasteiger partial charge is 0.493 e. The predicted octanol–water partition coefficient (Wildman–Crippen LogP) is 4.37. The molecule has 0 atom stereocenters. The van der Waals surface area contributed by atoms with E-state index in [4.69, 9.17) is 9.47 Å². The van der Waals surface area contributed by atoms with Gasteiger partial charge in [0.2, 0.25) is 0 Å². The molecule has 2 aromatic rings. The summed E-state index contributed by atoms with van der Waals surface area (Å²) in [4.78, 5) is 24.8. The maximum Gasteiger partial charge on any atom is 0.273 e. The minimum atomic E-state index is -0.429. The molecule has 2 aromatic carbocycles. The lowest BCUT2D eigenvalue weighted by molar-refractivity contribution is 0.0844. The number of hydrazine groups is 1. The van der Waals surface area contributed by atoms with Crippen LogP contribution < -0.4 is 20.3 Å². The first kappa shape index (κ1) is 22.3. The summed E-state index contributed by atoms with van der Waals surface area (Å²) in [6.07, 6.45) is 3.11. The van der Waals surface area contributed by atoms with E-state index < -0.39 is 11.8 Å². The molecule has 0 heterocycles. The van der Waals surface area contributed by atoms with E-state index in [9.17, 15) is 9.59 Å². The molecular formula is C23H30N2O4. The number of rotatable bonds is 10. The van der Waals surface area contributed by atoms with Gasteiger partial charge in [-0.15, -0.1) is 0 Å². The molecular weight excluding hydrogens is 368 g/mol. The van der Waals surface area contributed by atoms with Gasteiger partial charge in [-0.25, -0.2) is 0 Å². The van der Waals surface area contributed by atoms with Gasteiger partial charge in [-0.2, -0.15) is 0 Å². The zero-order chi connectivity index (χ0) is 21.1. The van der Waals surface area contributed by atoms with E-state index in [2.05, 4.69) is 31.6 Å². The maximum atomic E-state index is 12.5. The van der Waals surface area contributed by atoms with Gasteiger partial charge >= 0.3 is 0 Å². The van der Waals surface area contributed by atoms with E-state index in [1.165, 1.54) is 0 Å². The summed E-state index contributed by atoms with van der Waals surface area (Å²) in [6.45, 7) is 7.42. The van der Waals surface area contributed by atoms with Crippen molar-refractivity contribution < 1.29 is 19.1 Å². The molecule has 2 N–H and O–H groups in total. The van der Waals surface area contributed by atoms with Crippen molar-refractivity contribution in [3.05, 3.63) is 59.7 Å². The second-order valence-corrected chi connectivity index (χ2v) is 7.19. The first-order valence-electron chi connectivity index (χ1n) is 10.1. The highest BCUT2D eigenvalue weighted by Gasteiger charge is 2.14. The van der Waals surface area contributed by atoms with Crippen molar-refractivity contribution in [3.63, 3.8) is 0 Å². The fourth-order valence-corrected chi connectivity index (χ4v) is 2.53. The van der Waals surface area contributed by atoms with Crippen LogP contribution in [0.1, 0.15) is 60.7 Å². The molecule has 0 aliphatic rings. The average molecular weight is 399 g/mol. The monoisotopic (exact) mass is 398 g/mol. The number of carbonyl (C=O) groups is 2. The number of amides is 2. The lowest BCUT2D eigenvalue weighted by Gasteiger charge is -2.12. The SMILES string of the molecule is CCCCCOc1ccccc1C(=O)NNC(=O)c1ccc(OCC(C)C)cc1. The molecule has 6 nitrogen and oxygen atoms in total. The second-order valence-electron chi connectivity index (χ2n) is 7.19. The molecule has 2 rings (SSSR count). The van der Waals surface area contributed by atoms with Crippen LogP contribution in [0.25, 0.3) is 0 Å². The van der Waals surface area contributed by atoms with Gasteiger partial charge in [0.1, 0.15) is 11.5 Å². The van der Waals surface area contributed by atoms with Crippen molar-refractivity contribution in [1.29, 1.82) is 0 Å². The third kappa shape index (κ3) is 7.49. The predicted molar refractivity (Wildman–Crippen MR) is 113 cm³/mol. The molecule has 0 aliphatic heterocycles. The molecule has 0 fully saturated rings. The van der Waals surface area contributed by atoms with Gasteiger partial charge in [0.15, 0.2) is 0 Å². The number of unbranched alkanes of at least 4 members (excludes halogenated alkanes) is 2. The third-order valence-electron chi connectivity index (χ3n) is 4.13. The van der Waals surface area contributed by atoms with Crippen molar-refractivity contribution >= 4 is 11.8 Å². The Bertz CT molecular complexity index is 788. The number of hydrogen-bond acceptors (Lipinski definition) is 4. The Morgan fingerprint density at radius 2 is 1.59 bits per heavy atom.